The fourth-order valence-electron chi connectivity index (χ4n) is 3.15. The van der Waals surface area contributed by atoms with Crippen molar-refractivity contribution in [2.75, 3.05) is 12.3 Å². The maximum absolute atomic E-state index is 12.5. The van der Waals surface area contributed by atoms with Crippen LogP contribution in [-0.4, -0.2) is 42.9 Å². The van der Waals surface area contributed by atoms with E-state index < -0.39 is 0 Å². The molecule has 7 nitrogen and oxygen atoms in total. The lowest BCUT2D eigenvalue weighted by atomic mass is 10.2. The van der Waals surface area contributed by atoms with Crippen LogP contribution >= 0.6 is 11.8 Å². The van der Waals surface area contributed by atoms with Crippen LogP contribution in [0.1, 0.15) is 23.1 Å². The Hall–Kier alpha value is -3.13. The number of H-pyrrole nitrogens is 1. The predicted octanol–water partition coefficient (Wildman–Crippen LogP) is 3.44. The van der Waals surface area contributed by atoms with Gasteiger partial charge in [-0.2, -0.15) is 0 Å². The minimum Gasteiger partial charge on any atom is -0.351 e. The van der Waals surface area contributed by atoms with Gasteiger partial charge in [-0.25, -0.2) is 9.97 Å². The normalized spacial score (nSPS) is 11.1. The lowest BCUT2D eigenvalue weighted by Gasteiger charge is -2.04. The summed E-state index contributed by atoms with van der Waals surface area (Å²) in [7, 11) is 2.00. The number of carbonyl (C=O) groups is 1. The number of hydrogen-bond acceptors (Lipinski definition) is 5. The van der Waals surface area contributed by atoms with Crippen LogP contribution in [0.4, 0.5) is 0 Å². The summed E-state index contributed by atoms with van der Waals surface area (Å²) in [5.74, 6) is 2.34. The summed E-state index contributed by atoms with van der Waals surface area (Å²) < 4.78 is 2.06. The molecule has 0 fully saturated rings. The first-order valence-corrected chi connectivity index (χ1v) is 10.5. The smallest absolute Gasteiger partial charge is 0.251 e. The molecule has 0 radical (unpaired) electrons. The minimum atomic E-state index is -0.101. The van der Waals surface area contributed by atoms with Gasteiger partial charge in [-0.05, 0) is 18.2 Å². The molecule has 0 saturated heterocycles. The van der Waals surface area contributed by atoms with Crippen LogP contribution in [0.3, 0.4) is 0 Å². The van der Waals surface area contributed by atoms with Gasteiger partial charge in [0, 0.05) is 36.9 Å². The Morgan fingerprint density at radius 2 is 2.00 bits per heavy atom. The molecule has 29 heavy (non-hydrogen) atoms. The molecule has 0 aliphatic carbocycles. The molecule has 0 saturated carbocycles. The number of aryl methyl sites for hydroxylation is 2. The van der Waals surface area contributed by atoms with Crippen LogP contribution in [0.2, 0.25) is 0 Å². The highest BCUT2D eigenvalue weighted by atomic mass is 32.2. The maximum Gasteiger partial charge on any atom is 0.251 e. The van der Waals surface area contributed by atoms with Crippen molar-refractivity contribution < 1.29 is 4.79 Å². The van der Waals surface area contributed by atoms with Crippen LogP contribution in [0.25, 0.3) is 22.4 Å². The van der Waals surface area contributed by atoms with Crippen molar-refractivity contribution >= 4 is 28.7 Å². The highest BCUT2D eigenvalue weighted by Gasteiger charge is 2.11. The Balaban J connectivity index is 1.31. The van der Waals surface area contributed by atoms with Gasteiger partial charge in [0.05, 0.1) is 11.0 Å². The van der Waals surface area contributed by atoms with E-state index in [1.807, 2.05) is 55.6 Å². The van der Waals surface area contributed by atoms with E-state index in [-0.39, 0.29) is 5.91 Å². The van der Waals surface area contributed by atoms with E-state index in [2.05, 4.69) is 37.0 Å². The zero-order chi connectivity index (χ0) is 20.2. The van der Waals surface area contributed by atoms with E-state index in [1.54, 1.807) is 0 Å². The number of thioether (sulfide) groups is 1. The number of amides is 1. The monoisotopic (exact) mass is 406 g/mol. The van der Waals surface area contributed by atoms with Crippen LogP contribution in [0, 0.1) is 0 Å². The van der Waals surface area contributed by atoms with Crippen molar-refractivity contribution in [1.29, 1.82) is 0 Å². The van der Waals surface area contributed by atoms with Crippen LogP contribution in [0.5, 0.6) is 0 Å². The molecule has 148 valence electrons. The van der Waals surface area contributed by atoms with Gasteiger partial charge < -0.3 is 9.88 Å². The number of hydrogen-bond donors (Lipinski definition) is 2. The average Bonchev–Trinajstić information content (AvgIpc) is 3.36. The Morgan fingerprint density at radius 3 is 2.79 bits per heavy atom. The van der Waals surface area contributed by atoms with Gasteiger partial charge in [0.25, 0.3) is 5.91 Å². The fraction of sp³-hybridized carbons (Fsp3) is 0.238. The quantitative estimate of drug-likeness (QED) is 0.363. The second-order valence-corrected chi connectivity index (χ2v) is 7.64. The van der Waals surface area contributed by atoms with Crippen molar-refractivity contribution in [3.63, 3.8) is 0 Å². The summed E-state index contributed by atoms with van der Waals surface area (Å²) in [6, 6.07) is 15.5. The summed E-state index contributed by atoms with van der Waals surface area (Å²) in [4.78, 5) is 21.5. The molecule has 2 heterocycles. The number of aromatic amines is 1. The Morgan fingerprint density at radius 1 is 1.17 bits per heavy atom. The molecule has 0 aliphatic heterocycles. The van der Waals surface area contributed by atoms with E-state index in [0.29, 0.717) is 23.0 Å². The van der Waals surface area contributed by atoms with Gasteiger partial charge in [0.1, 0.15) is 5.82 Å². The molecular formula is C21H22N6OS. The van der Waals surface area contributed by atoms with Crippen molar-refractivity contribution in [1.82, 2.24) is 30.0 Å². The SMILES string of the molecule is CCc1nc2cc(C(=O)NCCSc3n[nH]c(-c4ccccc4)n3)ccc2n1C. The fourth-order valence-corrected chi connectivity index (χ4v) is 3.80. The zero-order valence-electron chi connectivity index (χ0n) is 16.3. The van der Waals surface area contributed by atoms with Crippen molar-refractivity contribution in [3.8, 4) is 11.4 Å². The Labute approximate surface area is 173 Å². The summed E-state index contributed by atoms with van der Waals surface area (Å²) in [6.07, 6.45) is 0.858. The topological polar surface area (TPSA) is 88.5 Å². The molecule has 4 rings (SSSR count). The molecule has 0 aliphatic rings. The number of rotatable bonds is 7. The molecule has 8 heteroatoms. The molecule has 0 unspecified atom stereocenters. The third kappa shape index (κ3) is 4.17. The van der Waals surface area contributed by atoms with Gasteiger partial charge in [-0.15, -0.1) is 5.10 Å². The third-order valence-electron chi connectivity index (χ3n) is 4.68. The summed E-state index contributed by atoms with van der Waals surface area (Å²) >= 11 is 1.50. The van der Waals surface area contributed by atoms with Crippen molar-refractivity contribution in [2.45, 2.75) is 18.5 Å². The predicted molar refractivity (Wildman–Crippen MR) is 115 cm³/mol. The highest BCUT2D eigenvalue weighted by molar-refractivity contribution is 7.99. The number of benzene rings is 2. The number of nitrogens with zero attached hydrogens (tertiary/aromatic N) is 4. The van der Waals surface area contributed by atoms with Gasteiger partial charge in [-0.1, -0.05) is 49.0 Å². The Kier molecular flexibility index (Phi) is 5.62. The van der Waals surface area contributed by atoms with Crippen LogP contribution in [-0.2, 0) is 13.5 Å². The molecule has 4 aromatic rings. The lowest BCUT2D eigenvalue weighted by molar-refractivity contribution is 0.0956. The van der Waals surface area contributed by atoms with E-state index in [0.717, 1.165) is 34.7 Å². The number of nitrogens with one attached hydrogen (secondary N) is 2. The van der Waals surface area contributed by atoms with E-state index in [9.17, 15) is 4.79 Å². The number of imidazole rings is 1. The standard InChI is InChI=1S/C21H22N6OS/c1-3-18-23-16-13-15(9-10-17(16)27(18)2)20(28)22-11-12-29-21-24-19(25-26-21)14-7-5-4-6-8-14/h4-10,13H,3,11-12H2,1-2H3,(H,22,28)(H,24,25,26). The molecule has 0 bridgehead atoms. The largest absolute Gasteiger partial charge is 0.351 e. The lowest BCUT2D eigenvalue weighted by Crippen LogP contribution is -2.25. The third-order valence-corrected chi connectivity index (χ3v) is 5.53. The molecule has 1 amide bonds. The molecule has 0 atom stereocenters. The van der Waals surface area contributed by atoms with Crippen molar-refractivity contribution in [3.05, 3.63) is 59.9 Å². The van der Waals surface area contributed by atoms with E-state index in [1.165, 1.54) is 11.8 Å². The first-order valence-electron chi connectivity index (χ1n) is 9.50. The van der Waals surface area contributed by atoms with Crippen LogP contribution < -0.4 is 5.32 Å². The number of carbonyl (C=O) groups excluding carboxylic acids is 1. The first-order chi connectivity index (χ1) is 14.2. The molecule has 2 N–H and O–H groups in total. The van der Waals surface area contributed by atoms with Gasteiger partial charge >= 0.3 is 0 Å². The summed E-state index contributed by atoms with van der Waals surface area (Å²) in [5, 5.41) is 10.8. The molecule has 2 aromatic heterocycles. The number of fused-ring (bicyclic) bond motifs is 1. The van der Waals surface area contributed by atoms with E-state index >= 15 is 0 Å². The average molecular weight is 407 g/mol. The molecule has 0 spiro atoms. The van der Waals surface area contributed by atoms with E-state index in [4.69, 9.17) is 0 Å². The second-order valence-electron chi connectivity index (χ2n) is 6.58. The summed E-state index contributed by atoms with van der Waals surface area (Å²) in [5.41, 5.74) is 3.50. The van der Waals surface area contributed by atoms with Gasteiger partial charge in [0.2, 0.25) is 5.16 Å². The van der Waals surface area contributed by atoms with Gasteiger partial charge in [-0.3, -0.25) is 9.89 Å². The first kappa shape index (κ1) is 19.2. The van der Waals surface area contributed by atoms with Crippen molar-refractivity contribution in [2.24, 2.45) is 7.05 Å². The number of aromatic nitrogens is 5. The Bertz CT molecular complexity index is 1130. The van der Waals surface area contributed by atoms with Crippen LogP contribution in [0.15, 0.2) is 53.7 Å². The second kappa shape index (κ2) is 8.48. The molecule has 2 aromatic carbocycles. The molecular weight excluding hydrogens is 384 g/mol. The summed E-state index contributed by atoms with van der Waals surface area (Å²) in [6.45, 7) is 2.60. The zero-order valence-corrected chi connectivity index (χ0v) is 17.2. The minimum absolute atomic E-state index is 0.101. The highest BCUT2D eigenvalue weighted by Crippen LogP contribution is 2.19. The maximum atomic E-state index is 12.5. The van der Waals surface area contributed by atoms with Gasteiger partial charge in [0.15, 0.2) is 5.82 Å².